The van der Waals surface area contributed by atoms with Gasteiger partial charge in [-0.25, -0.2) is 4.98 Å². The summed E-state index contributed by atoms with van der Waals surface area (Å²) in [5, 5.41) is 4.50. The first-order chi connectivity index (χ1) is 9.33. The maximum atomic E-state index is 4.42. The molecular formula is C15H21N3S. The highest BCUT2D eigenvalue weighted by Crippen LogP contribution is 2.25. The number of thioether (sulfide) groups is 1. The van der Waals surface area contributed by atoms with E-state index in [9.17, 15) is 0 Å². The van der Waals surface area contributed by atoms with E-state index in [1.807, 2.05) is 12.4 Å². The van der Waals surface area contributed by atoms with Crippen LogP contribution in [0.25, 0.3) is 11.0 Å². The van der Waals surface area contributed by atoms with E-state index in [1.54, 1.807) is 0 Å². The third-order valence-corrected chi connectivity index (χ3v) is 5.09. The molecule has 1 N–H and O–H groups in total. The molecule has 2 atom stereocenters. The molecule has 2 aromatic rings. The van der Waals surface area contributed by atoms with Gasteiger partial charge in [0.2, 0.25) is 0 Å². The lowest BCUT2D eigenvalue weighted by Gasteiger charge is -2.11. The second kappa shape index (κ2) is 5.97. The van der Waals surface area contributed by atoms with Crippen LogP contribution < -0.4 is 5.32 Å². The van der Waals surface area contributed by atoms with Gasteiger partial charge in [-0.3, -0.25) is 0 Å². The monoisotopic (exact) mass is 275 g/mol. The average Bonchev–Trinajstić information content (AvgIpc) is 3.02. The van der Waals surface area contributed by atoms with Crippen LogP contribution in [0.1, 0.15) is 19.8 Å². The summed E-state index contributed by atoms with van der Waals surface area (Å²) in [5.41, 5.74) is 2.34. The van der Waals surface area contributed by atoms with Gasteiger partial charge in [-0.2, -0.15) is 11.8 Å². The van der Waals surface area contributed by atoms with E-state index in [-0.39, 0.29) is 0 Å². The summed E-state index contributed by atoms with van der Waals surface area (Å²) in [6.07, 6.45) is 4.44. The van der Waals surface area contributed by atoms with Crippen molar-refractivity contribution in [1.82, 2.24) is 14.9 Å². The van der Waals surface area contributed by atoms with Crippen molar-refractivity contribution in [2.45, 2.75) is 37.6 Å². The largest absolute Gasteiger partial charge is 0.331 e. The minimum atomic E-state index is 0.722. The number of para-hydroxylation sites is 2. The summed E-state index contributed by atoms with van der Waals surface area (Å²) in [6.45, 7) is 4.47. The molecule has 0 amide bonds. The highest BCUT2D eigenvalue weighted by Gasteiger charge is 2.20. The van der Waals surface area contributed by atoms with Gasteiger partial charge in [0.05, 0.1) is 17.4 Å². The highest BCUT2D eigenvalue weighted by molar-refractivity contribution is 8.00. The zero-order valence-electron chi connectivity index (χ0n) is 11.4. The fourth-order valence-electron chi connectivity index (χ4n) is 2.70. The van der Waals surface area contributed by atoms with E-state index >= 15 is 0 Å². The molecule has 19 heavy (non-hydrogen) atoms. The number of benzene rings is 1. The van der Waals surface area contributed by atoms with Crippen molar-refractivity contribution in [3.63, 3.8) is 0 Å². The molecule has 1 aliphatic heterocycles. The fourth-order valence-corrected chi connectivity index (χ4v) is 3.89. The van der Waals surface area contributed by atoms with E-state index in [0.717, 1.165) is 36.3 Å². The Morgan fingerprint density at radius 3 is 3.16 bits per heavy atom. The molecule has 2 heterocycles. The van der Waals surface area contributed by atoms with Crippen LogP contribution in [0.2, 0.25) is 0 Å². The van der Waals surface area contributed by atoms with Crippen LogP contribution in [0.5, 0.6) is 0 Å². The first kappa shape index (κ1) is 13.0. The van der Waals surface area contributed by atoms with Crippen molar-refractivity contribution in [3.05, 3.63) is 30.6 Å². The van der Waals surface area contributed by atoms with Gasteiger partial charge in [0, 0.05) is 23.6 Å². The summed E-state index contributed by atoms with van der Waals surface area (Å²) >= 11 is 2.09. The molecule has 102 valence electrons. The maximum Gasteiger partial charge on any atom is 0.0958 e. The Hall–Kier alpha value is -1.00. The van der Waals surface area contributed by atoms with E-state index < -0.39 is 0 Å². The molecule has 3 nitrogen and oxygen atoms in total. The number of hydrogen-bond donors (Lipinski definition) is 1. The van der Waals surface area contributed by atoms with Crippen LogP contribution in [0.15, 0.2) is 30.6 Å². The van der Waals surface area contributed by atoms with Crippen LogP contribution in [0.4, 0.5) is 0 Å². The van der Waals surface area contributed by atoms with Gasteiger partial charge >= 0.3 is 0 Å². The number of hydrogen-bond acceptors (Lipinski definition) is 3. The number of imidazole rings is 1. The lowest BCUT2D eigenvalue weighted by molar-refractivity contribution is 0.509. The summed E-state index contributed by atoms with van der Waals surface area (Å²) < 4.78 is 2.25. The van der Waals surface area contributed by atoms with Crippen LogP contribution in [-0.4, -0.2) is 33.1 Å². The van der Waals surface area contributed by atoms with E-state index in [4.69, 9.17) is 0 Å². The molecule has 4 heteroatoms. The zero-order chi connectivity index (χ0) is 13.1. The normalized spacial score (nSPS) is 23.2. The number of nitrogens with one attached hydrogen (secondary N) is 1. The van der Waals surface area contributed by atoms with Crippen molar-refractivity contribution in [2.75, 3.05) is 12.3 Å². The lowest BCUT2D eigenvalue weighted by Crippen LogP contribution is -2.30. The summed E-state index contributed by atoms with van der Waals surface area (Å²) in [6, 6.07) is 9.06. The SMILES string of the molecule is CC1CC(NCCCn2cnc3ccccc32)CS1. The van der Waals surface area contributed by atoms with Crippen molar-refractivity contribution >= 4 is 22.8 Å². The summed E-state index contributed by atoms with van der Waals surface area (Å²) in [5.74, 6) is 1.27. The number of rotatable bonds is 5. The van der Waals surface area contributed by atoms with Gasteiger partial charge in [0.15, 0.2) is 0 Å². The second-order valence-electron chi connectivity index (χ2n) is 5.31. The predicted molar refractivity (Wildman–Crippen MR) is 82.7 cm³/mol. The molecule has 1 aromatic carbocycles. The quantitative estimate of drug-likeness (QED) is 0.851. The number of nitrogens with zero attached hydrogens (tertiary/aromatic N) is 2. The smallest absolute Gasteiger partial charge is 0.0958 e. The second-order valence-corrected chi connectivity index (χ2v) is 6.78. The topological polar surface area (TPSA) is 29.9 Å². The Morgan fingerprint density at radius 2 is 2.32 bits per heavy atom. The molecule has 2 unspecified atom stereocenters. The Kier molecular flexibility index (Phi) is 4.09. The van der Waals surface area contributed by atoms with E-state index in [0.29, 0.717) is 0 Å². The van der Waals surface area contributed by atoms with Gasteiger partial charge in [0.1, 0.15) is 0 Å². The Balaban J connectivity index is 1.47. The molecule has 3 rings (SSSR count). The molecule has 1 aliphatic rings. The van der Waals surface area contributed by atoms with Crippen molar-refractivity contribution in [1.29, 1.82) is 0 Å². The summed E-state index contributed by atoms with van der Waals surface area (Å²) in [4.78, 5) is 4.42. The molecule has 0 spiro atoms. The van der Waals surface area contributed by atoms with Gasteiger partial charge in [-0.15, -0.1) is 0 Å². The van der Waals surface area contributed by atoms with Gasteiger partial charge in [0.25, 0.3) is 0 Å². The van der Waals surface area contributed by atoms with Gasteiger partial charge < -0.3 is 9.88 Å². The van der Waals surface area contributed by atoms with Crippen LogP contribution >= 0.6 is 11.8 Å². The van der Waals surface area contributed by atoms with Crippen LogP contribution in [0, 0.1) is 0 Å². The standard InChI is InChI=1S/C15H21N3S/c1-12-9-13(10-19-12)16-7-4-8-18-11-17-14-5-2-3-6-15(14)18/h2-3,5-6,11-13,16H,4,7-10H2,1H3. The minimum absolute atomic E-state index is 0.722. The minimum Gasteiger partial charge on any atom is -0.331 e. The van der Waals surface area contributed by atoms with Crippen molar-refractivity contribution < 1.29 is 0 Å². The van der Waals surface area contributed by atoms with E-state index in [1.165, 1.54) is 17.7 Å². The van der Waals surface area contributed by atoms with E-state index in [2.05, 4.69) is 51.8 Å². The third-order valence-electron chi connectivity index (χ3n) is 3.73. The number of aryl methyl sites for hydroxylation is 1. The number of aromatic nitrogens is 2. The first-order valence-electron chi connectivity index (χ1n) is 7.08. The lowest BCUT2D eigenvalue weighted by atomic mass is 10.2. The third kappa shape index (κ3) is 3.12. The molecule has 0 saturated carbocycles. The maximum absolute atomic E-state index is 4.42. The van der Waals surface area contributed by atoms with Crippen LogP contribution in [-0.2, 0) is 6.54 Å². The van der Waals surface area contributed by atoms with Crippen LogP contribution in [0.3, 0.4) is 0 Å². The molecule has 0 bridgehead atoms. The molecule has 1 saturated heterocycles. The molecule has 1 aromatic heterocycles. The van der Waals surface area contributed by atoms with Gasteiger partial charge in [-0.1, -0.05) is 19.1 Å². The van der Waals surface area contributed by atoms with Gasteiger partial charge in [-0.05, 0) is 31.5 Å². The summed E-state index contributed by atoms with van der Waals surface area (Å²) in [7, 11) is 0. The molecule has 0 radical (unpaired) electrons. The van der Waals surface area contributed by atoms with Crippen molar-refractivity contribution in [2.24, 2.45) is 0 Å². The molecule has 1 fully saturated rings. The zero-order valence-corrected chi connectivity index (χ0v) is 12.2. The Bertz CT molecular complexity index is 537. The molecular weight excluding hydrogens is 254 g/mol. The number of fused-ring (bicyclic) bond motifs is 1. The average molecular weight is 275 g/mol. The molecule has 0 aliphatic carbocycles. The van der Waals surface area contributed by atoms with Crippen molar-refractivity contribution in [3.8, 4) is 0 Å². The highest BCUT2D eigenvalue weighted by atomic mass is 32.2. The predicted octanol–water partition coefficient (Wildman–Crippen LogP) is 2.91. The fraction of sp³-hybridized carbons (Fsp3) is 0.533. The Labute approximate surface area is 118 Å². The Morgan fingerprint density at radius 1 is 1.42 bits per heavy atom. The first-order valence-corrected chi connectivity index (χ1v) is 8.12.